The van der Waals surface area contributed by atoms with Crippen LogP contribution < -0.4 is 0 Å². The summed E-state index contributed by atoms with van der Waals surface area (Å²) in [6.07, 6.45) is -5.71. The fourth-order valence-corrected chi connectivity index (χ4v) is 1.93. The number of Topliss-reactive ketones (excluding diaryl/α,β-unsaturated/α-hetero) is 1. The first-order valence-electron chi connectivity index (χ1n) is 6.31. The number of carbonyl (C=O) groups is 1. The van der Waals surface area contributed by atoms with E-state index in [0.29, 0.717) is 5.56 Å². The van der Waals surface area contributed by atoms with Crippen molar-refractivity contribution in [3.63, 3.8) is 0 Å². The monoisotopic (exact) mass is 294 g/mol. The van der Waals surface area contributed by atoms with Gasteiger partial charge in [-0.05, 0) is 17.7 Å². The molecule has 2 rings (SSSR count). The van der Waals surface area contributed by atoms with E-state index in [1.807, 2.05) is 0 Å². The molecular formula is C16H13F3O2. The van der Waals surface area contributed by atoms with Crippen molar-refractivity contribution in [1.29, 1.82) is 0 Å². The summed E-state index contributed by atoms with van der Waals surface area (Å²) in [7, 11) is 0. The predicted molar refractivity (Wildman–Crippen MR) is 71.8 cm³/mol. The van der Waals surface area contributed by atoms with Gasteiger partial charge in [0.25, 0.3) is 0 Å². The molecule has 21 heavy (non-hydrogen) atoms. The van der Waals surface area contributed by atoms with Crippen LogP contribution in [0.1, 0.15) is 34.0 Å². The Morgan fingerprint density at radius 1 is 1.00 bits per heavy atom. The lowest BCUT2D eigenvalue weighted by molar-refractivity contribution is -0.137. The third kappa shape index (κ3) is 3.92. The Morgan fingerprint density at radius 3 is 2.10 bits per heavy atom. The molecule has 0 saturated heterocycles. The summed E-state index contributed by atoms with van der Waals surface area (Å²) >= 11 is 0. The quantitative estimate of drug-likeness (QED) is 0.865. The molecule has 1 N–H and O–H groups in total. The molecule has 1 atom stereocenters. The van der Waals surface area contributed by atoms with Gasteiger partial charge in [0.15, 0.2) is 5.78 Å². The van der Waals surface area contributed by atoms with Gasteiger partial charge in [-0.1, -0.05) is 42.5 Å². The topological polar surface area (TPSA) is 37.3 Å². The smallest absolute Gasteiger partial charge is 0.388 e. The second-order valence-electron chi connectivity index (χ2n) is 4.63. The van der Waals surface area contributed by atoms with E-state index in [0.717, 1.165) is 12.1 Å². The van der Waals surface area contributed by atoms with Crippen LogP contribution in [0, 0.1) is 0 Å². The van der Waals surface area contributed by atoms with Crippen molar-refractivity contribution in [3.8, 4) is 0 Å². The minimum absolute atomic E-state index is 0.171. The Bertz CT molecular complexity index is 604. The molecule has 2 aromatic rings. The van der Waals surface area contributed by atoms with E-state index in [1.54, 1.807) is 30.3 Å². The van der Waals surface area contributed by atoms with Crippen molar-refractivity contribution in [2.75, 3.05) is 0 Å². The number of rotatable bonds is 4. The highest BCUT2D eigenvalue weighted by Gasteiger charge is 2.30. The summed E-state index contributed by atoms with van der Waals surface area (Å²) in [6.45, 7) is 0. The zero-order chi connectivity index (χ0) is 15.5. The predicted octanol–water partition coefficient (Wildman–Crippen LogP) is 4.01. The third-order valence-electron chi connectivity index (χ3n) is 3.10. The van der Waals surface area contributed by atoms with E-state index in [-0.39, 0.29) is 17.8 Å². The van der Waals surface area contributed by atoms with Gasteiger partial charge in [-0.2, -0.15) is 13.2 Å². The Kier molecular flexibility index (Phi) is 4.43. The highest BCUT2D eigenvalue weighted by molar-refractivity contribution is 5.96. The van der Waals surface area contributed by atoms with Gasteiger partial charge in [0, 0.05) is 12.0 Å². The molecule has 5 heteroatoms. The largest absolute Gasteiger partial charge is 0.416 e. The van der Waals surface area contributed by atoms with E-state index in [1.165, 1.54) is 12.1 Å². The minimum atomic E-state index is -4.41. The molecular weight excluding hydrogens is 281 g/mol. The van der Waals surface area contributed by atoms with Gasteiger partial charge in [0.1, 0.15) is 0 Å². The maximum absolute atomic E-state index is 12.4. The highest BCUT2D eigenvalue weighted by Crippen LogP contribution is 2.30. The Morgan fingerprint density at radius 2 is 1.57 bits per heavy atom. The SMILES string of the molecule is O=C(CC(O)c1ccc(C(F)(F)F)cc1)c1ccccc1. The van der Waals surface area contributed by atoms with Crippen LogP contribution in [0.5, 0.6) is 0 Å². The molecule has 1 unspecified atom stereocenters. The zero-order valence-corrected chi connectivity index (χ0v) is 11.0. The number of halogens is 3. The van der Waals surface area contributed by atoms with Gasteiger partial charge in [-0.25, -0.2) is 0 Å². The van der Waals surface area contributed by atoms with Crippen LogP contribution in [-0.2, 0) is 6.18 Å². The number of aliphatic hydroxyl groups excluding tert-OH is 1. The van der Waals surface area contributed by atoms with Crippen molar-refractivity contribution in [2.24, 2.45) is 0 Å². The molecule has 0 aromatic heterocycles. The Balaban J connectivity index is 2.07. The second-order valence-corrected chi connectivity index (χ2v) is 4.63. The Hall–Kier alpha value is -2.14. The van der Waals surface area contributed by atoms with Crippen LogP contribution >= 0.6 is 0 Å². The molecule has 0 saturated carbocycles. The van der Waals surface area contributed by atoms with Crippen LogP contribution in [-0.4, -0.2) is 10.9 Å². The number of alkyl halides is 3. The Labute approximate surface area is 119 Å². The summed E-state index contributed by atoms with van der Waals surface area (Å²) in [5, 5.41) is 9.94. The van der Waals surface area contributed by atoms with Crippen molar-refractivity contribution in [1.82, 2.24) is 0 Å². The van der Waals surface area contributed by atoms with E-state index >= 15 is 0 Å². The summed E-state index contributed by atoms with van der Waals surface area (Å²) in [5.41, 5.74) is -0.0384. The molecule has 0 aliphatic heterocycles. The van der Waals surface area contributed by atoms with Gasteiger partial charge in [-0.15, -0.1) is 0 Å². The minimum Gasteiger partial charge on any atom is -0.388 e. The van der Waals surface area contributed by atoms with Crippen molar-refractivity contribution >= 4 is 5.78 Å². The molecule has 0 radical (unpaired) electrons. The van der Waals surface area contributed by atoms with Crippen LogP contribution in [0.25, 0.3) is 0 Å². The van der Waals surface area contributed by atoms with E-state index in [2.05, 4.69) is 0 Å². The second kappa shape index (κ2) is 6.10. The molecule has 0 heterocycles. The molecule has 0 aliphatic rings. The number of hydrogen-bond acceptors (Lipinski definition) is 2. The molecule has 110 valence electrons. The van der Waals surface area contributed by atoms with E-state index in [4.69, 9.17) is 0 Å². The zero-order valence-electron chi connectivity index (χ0n) is 11.0. The first-order chi connectivity index (χ1) is 9.88. The molecule has 0 fully saturated rings. The lowest BCUT2D eigenvalue weighted by atomic mass is 9.99. The van der Waals surface area contributed by atoms with Crippen molar-refractivity contribution in [3.05, 3.63) is 71.3 Å². The van der Waals surface area contributed by atoms with Crippen LogP contribution in [0.2, 0.25) is 0 Å². The first-order valence-corrected chi connectivity index (χ1v) is 6.31. The van der Waals surface area contributed by atoms with Gasteiger partial charge < -0.3 is 5.11 Å². The van der Waals surface area contributed by atoms with Gasteiger partial charge >= 0.3 is 6.18 Å². The number of hydrogen-bond donors (Lipinski definition) is 1. The summed E-state index contributed by atoms with van der Waals surface area (Å²) < 4.78 is 37.3. The summed E-state index contributed by atoms with van der Waals surface area (Å²) in [4.78, 5) is 11.9. The lowest BCUT2D eigenvalue weighted by Crippen LogP contribution is -2.08. The fraction of sp³-hybridized carbons (Fsp3) is 0.188. The van der Waals surface area contributed by atoms with Crippen LogP contribution in [0.3, 0.4) is 0 Å². The average molecular weight is 294 g/mol. The molecule has 0 bridgehead atoms. The maximum atomic E-state index is 12.4. The number of ketones is 1. The molecule has 2 aromatic carbocycles. The summed E-state index contributed by atoms with van der Waals surface area (Å²) in [5.74, 6) is -0.261. The first kappa shape index (κ1) is 15.3. The highest BCUT2D eigenvalue weighted by atomic mass is 19.4. The number of carbonyl (C=O) groups excluding carboxylic acids is 1. The normalized spacial score (nSPS) is 13.0. The number of benzene rings is 2. The van der Waals surface area contributed by atoms with Gasteiger partial charge in [0.2, 0.25) is 0 Å². The third-order valence-corrected chi connectivity index (χ3v) is 3.10. The molecule has 0 aliphatic carbocycles. The van der Waals surface area contributed by atoms with Gasteiger partial charge in [-0.3, -0.25) is 4.79 Å². The molecule has 0 spiro atoms. The molecule has 0 amide bonds. The van der Waals surface area contributed by atoms with Crippen LogP contribution in [0.15, 0.2) is 54.6 Å². The van der Waals surface area contributed by atoms with Crippen molar-refractivity contribution in [2.45, 2.75) is 18.7 Å². The standard InChI is InChI=1S/C16H13F3O2/c17-16(18,19)13-8-6-12(7-9-13)15(21)10-14(20)11-4-2-1-3-5-11/h1-9,15,21H,10H2. The lowest BCUT2D eigenvalue weighted by Gasteiger charge is -2.12. The van der Waals surface area contributed by atoms with E-state index in [9.17, 15) is 23.1 Å². The van der Waals surface area contributed by atoms with Gasteiger partial charge in [0.05, 0.1) is 11.7 Å². The van der Waals surface area contributed by atoms with Crippen LogP contribution in [0.4, 0.5) is 13.2 Å². The van der Waals surface area contributed by atoms with Crippen molar-refractivity contribution < 1.29 is 23.1 Å². The molecule has 2 nitrogen and oxygen atoms in total. The fourth-order valence-electron chi connectivity index (χ4n) is 1.93. The summed E-state index contributed by atoms with van der Waals surface area (Å²) in [6, 6.07) is 12.6. The maximum Gasteiger partial charge on any atom is 0.416 e. The average Bonchev–Trinajstić information content (AvgIpc) is 2.47. The number of aliphatic hydroxyl groups is 1. The van der Waals surface area contributed by atoms with E-state index < -0.39 is 17.8 Å².